The normalized spacial score (nSPS) is 22.5. The number of esters is 1. The van der Waals surface area contributed by atoms with E-state index in [1.807, 2.05) is 0 Å². The van der Waals surface area contributed by atoms with Crippen molar-refractivity contribution in [2.24, 2.45) is 17.3 Å². The number of ether oxygens (including phenoxy) is 1. The summed E-state index contributed by atoms with van der Waals surface area (Å²) in [5.41, 5.74) is -2.32. The summed E-state index contributed by atoms with van der Waals surface area (Å²) in [5.74, 6) is -15.5. The number of carbonyl (C=O) groups is 1. The van der Waals surface area contributed by atoms with E-state index in [1.165, 1.54) is 13.8 Å². The van der Waals surface area contributed by atoms with Crippen LogP contribution < -0.4 is 0 Å². The lowest BCUT2D eigenvalue weighted by Crippen LogP contribution is -2.14. The minimum atomic E-state index is -2.33. The van der Waals surface area contributed by atoms with Gasteiger partial charge < -0.3 is 4.74 Å². The second kappa shape index (κ2) is 6.10. The van der Waals surface area contributed by atoms with E-state index in [2.05, 4.69) is 4.74 Å². The topological polar surface area (TPSA) is 26.3 Å². The first-order chi connectivity index (χ1) is 11.1. The van der Waals surface area contributed by atoms with E-state index in [1.54, 1.807) is 0 Å². The summed E-state index contributed by atoms with van der Waals surface area (Å²) in [5, 5.41) is 0. The van der Waals surface area contributed by atoms with Crippen LogP contribution >= 0.6 is 0 Å². The van der Waals surface area contributed by atoms with E-state index in [9.17, 15) is 35.5 Å². The van der Waals surface area contributed by atoms with Gasteiger partial charge >= 0.3 is 5.97 Å². The molecule has 1 saturated carbocycles. The van der Waals surface area contributed by atoms with Gasteiger partial charge in [0.05, 0.1) is 11.5 Å². The zero-order chi connectivity index (χ0) is 18.4. The Morgan fingerprint density at radius 2 is 1.46 bits per heavy atom. The maximum absolute atomic E-state index is 13.5. The van der Waals surface area contributed by atoms with Crippen LogP contribution in [-0.4, -0.2) is 5.97 Å². The average Bonchev–Trinajstić information content (AvgIpc) is 3.12. The molecule has 0 aromatic heterocycles. The van der Waals surface area contributed by atoms with Crippen molar-refractivity contribution >= 4 is 5.97 Å². The highest BCUT2D eigenvalue weighted by Crippen LogP contribution is 2.62. The molecule has 0 spiro atoms. The highest BCUT2D eigenvalue weighted by atomic mass is 19.2. The predicted molar refractivity (Wildman–Crippen MR) is 67.1 cm³/mol. The molecular formula is C15H11F7O2. The fourth-order valence-corrected chi connectivity index (χ4v) is 2.67. The second-order valence-electron chi connectivity index (χ2n) is 5.93. The van der Waals surface area contributed by atoms with Crippen LogP contribution in [-0.2, 0) is 16.1 Å². The molecule has 0 radical (unpaired) electrons. The van der Waals surface area contributed by atoms with Gasteiger partial charge in [-0.15, -0.1) is 0 Å². The number of rotatable bonds is 4. The number of benzene rings is 1. The Morgan fingerprint density at radius 1 is 1.00 bits per heavy atom. The average molecular weight is 356 g/mol. The summed E-state index contributed by atoms with van der Waals surface area (Å²) in [6, 6.07) is 0. The Morgan fingerprint density at radius 3 is 1.92 bits per heavy atom. The van der Waals surface area contributed by atoms with Crippen LogP contribution in [0.3, 0.4) is 0 Å². The molecule has 9 heteroatoms. The van der Waals surface area contributed by atoms with Crippen molar-refractivity contribution in [1.29, 1.82) is 0 Å². The number of carbonyl (C=O) groups excluding carboxylic acids is 1. The van der Waals surface area contributed by atoms with Crippen molar-refractivity contribution in [1.82, 2.24) is 0 Å². The molecule has 2 unspecified atom stereocenters. The molecule has 0 amide bonds. The van der Waals surface area contributed by atoms with Crippen LogP contribution in [0.2, 0.25) is 0 Å². The first-order valence-corrected chi connectivity index (χ1v) is 6.68. The van der Waals surface area contributed by atoms with E-state index in [0.717, 1.165) is 0 Å². The fourth-order valence-electron chi connectivity index (χ4n) is 2.67. The summed E-state index contributed by atoms with van der Waals surface area (Å²) in [4.78, 5) is 11.8. The van der Waals surface area contributed by atoms with Gasteiger partial charge in [0, 0.05) is 5.92 Å². The Labute approximate surface area is 131 Å². The van der Waals surface area contributed by atoms with Crippen LogP contribution in [0.1, 0.15) is 19.4 Å². The maximum atomic E-state index is 13.5. The molecular weight excluding hydrogens is 345 g/mol. The minimum absolute atomic E-state index is 0.316. The molecule has 0 N–H and O–H groups in total. The van der Waals surface area contributed by atoms with Crippen molar-refractivity contribution in [3.05, 3.63) is 46.8 Å². The third-order valence-corrected chi connectivity index (χ3v) is 4.14. The lowest BCUT2D eigenvalue weighted by Gasteiger charge is -2.09. The molecule has 2 nitrogen and oxygen atoms in total. The van der Waals surface area contributed by atoms with Gasteiger partial charge in [-0.25, -0.2) is 30.7 Å². The smallest absolute Gasteiger partial charge is 0.310 e. The molecule has 0 bridgehead atoms. The quantitative estimate of drug-likeness (QED) is 0.344. The van der Waals surface area contributed by atoms with Crippen molar-refractivity contribution in [2.75, 3.05) is 0 Å². The maximum Gasteiger partial charge on any atom is 0.310 e. The van der Waals surface area contributed by atoms with Gasteiger partial charge in [-0.3, -0.25) is 4.79 Å². The summed E-state index contributed by atoms with van der Waals surface area (Å²) < 4.78 is 95.9. The molecule has 24 heavy (non-hydrogen) atoms. The molecule has 1 aliphatic rings. The number of allylic oxidation sites excluding steroid dienone is 1. The van der Waals surface area contributed by atoms with Crippen molar-refractivity contribution < 1.29 is 40.3 Å². The van der Waals surface area contributed by atoms with E-state index >= 15 is 0 Å². The zero-order valence-electron chi connectivity index (χ0n) is 12.4. The zero-order valence-corrected chi connectivity index (χ0v) is 12.4. The lowest BCUT2D eigenvalue weighted by molar-refractivity contribution is -0.147. The third-order valence-electron chi connectivity index (χ3n) is 4.14. The molecule has 0 heterocycles. The Hall–Kier alpha value is -2.06. The highest BCUT2D eigenvalue weighted by molar-refractivity contribution is 5.78. The third kappa shape index (κ3) is 2.76. The predicted octanol–water partition coefficient (Wildman–Crippen LogP) is 4.48. The number of hydrogen-bond donors (Lipinski definition) is 0. The molecule has 1 aromatic rings. The van der Waals surface area contributed by atoms with Gasteiger partial charge in [-0.2, -0.15) is 0 Å². The van der Waals surface area contributed by atoms with Crippen LogP contribution in [0.15, 0.2) is 12.2 Å². The van der Waals surface area contributed by atoms with E-state index in [0.29, 0.717) is 0 Å². The molecule has 132 valence electrons. The van der Waals surface area contributed by atoms with Crippen LogP contribution in [0.25, 0.3) is 0 Å². The van der Waals surface area contributed by atoms with Crippen molar-refractivity contribution in [3.63, 3.8) is 0 Å². The Bertz CT molecular complexity index is 698. The monoisotopic (exact) mass is 356 g/mol. The van der Waals surface area contributed by atoms with Gasteiger partial charge in [0.2, 0.25) is 5.82 Å². The number of halogens is 7. The van der Waals surface area contributed by atoms with Crippen LogP contribution in [0.4, 0.5) is 30.7 Å². The molecule has 1 aliphatic carbocycles. The summed E-state index contributed by atoms with van der Waals surface area (Å²) in [6.45, 7) is 1.64. The first kappa shape index (κ1) is 18.3. The van der Waals surface area contributed by atoms with Gasteiger partial charge in [0.15, 0.2) is 23.3 Å². The van der Waals surface area contributed by atoms with Crippen LogP contribution in [0, 0.1) is 46.3 Å². The summed E-state index contributed by atoms with van der Waals surface area (Å²) in [6.07, 6.45) is -0.316. The summed E-state index contributed by atoms with van der Waals surface area (Å²) >= 11 is 0. The number of hydrogen-bond acceptors (Lipinski definition) is 2. The molecule has 2 rings (SSSR count). The van der Waals surface area contributed by atoms with E-state index < -0.39 is 70.3 Å². The highest BCUT2D eigenvalue weighted by Gasteiger charge is 2.65. The second-order valence-corrected chi connectivity index (χ2v) is 5.93. The Kier molecular flexibility index (Phi) is 4.65. The van der Waals surface area contributed by atoms with Crippen molar-refractivity contribution in [2.45, 2.75) is 20.5 Å². The molecule has 1 fully saturated rings. The standard InChI is InChI=1S/C15H11F7O2/c1-15(2)7(6(17)3-16)8(15)14(23)24-4-5-9(18)11(20)13(22)12(21)10(5)19/h3,7-8H,4H2,1-2H3/b6-3-. The lowest BCUT2D eigenvalue weighted by atomic mass is 10.1. The molecule has 1 aromatic carbocycles. The van der Waals surface area contributed by atoms with E-state index in [4.69, 9.17) is 0 Å². The summed E-state index contributed by atoms with van der Waals surface area (Å²) in [7, 11) is 0. The molecule has 2 atom stereocenters. The Balaban J connectivity index is 2.17. The van der Waals surface area contributed by atoms with Gasteiger partial charge in [-0.1, -0.05) is 13.8 Å². The minimum Gasteiger partial charge on any atom is -0.460 e. The van der Waals surface area contributed by atoms with Gasteiger partial charge in [0.25, 0.3) is 0 Å². The molecule has 0 saturated heterocycles. The molecule has 0 aliphatic heterocycles. The van der Waals surface area contributed by atoms with Gasteiger partial charge in [-0.05, 0) is 5.41 Å². The van der Waals surface area contributed by atoms with Crippen molar-refractivity contribution in [3.8, 4) is 0 Å². The van der Waals surface area contributed by atoms with Crippen LogP contribution in [0.5, 0.6) is 0 Å². The largest absolute Gasteiger partial charge is 0.460 e. The SMILES string of the molecule is CC1(C)C(C(=O)OCc2c(F)c(F)c(F)c(F)c2F)C1/C(F)=C/F. The van der Waals surface area contributed by atoms with E-state index in [-0.39, 0.29) is 6.33 Å². The fraction of sp³-hybridized carbons (Fsp3) is 0.400. The van der Waals surface area contributed by atoms with Gasteiger partial charge in [0.1, 0.15) is 18.8 Å². The first-order valence-electron chi connectivity index (χ1n) is 6.68.